The number of benzene rings is 1. The molecule has 0 N–H and O–H groups in total. The summed E-state index contributed by atoms with van der Waals surface area (Å²) in [5, 5.41) is 0.789. The lowest BCUT2D eigenvalue weighted by Crippen LogP contribution is -2.17. The number of halogens is 1. The van der Waals surface area contributed by atoms with E-state index < -0.39 is 0 Å². The summed E-state index contributed by atoms with van der Waals surface area (Å²) in [6.07, 6.45) is 3.69. The van der Waals surface area contributed by atoms with Crippen molar-refractivity contribution in [1.82, 2.24) is 9.88 Å². The highest BCUT2D eigenvalue weighted by molar-refractivity contribution is 6.30. The number of hydrogen-bond acceptors (Lipinski definition) is 2. The van der Waals surface area contributed by atoms with Gasteiger partial charge in [0.05, 0.1) is 0 Å². The number of rotatable bonds is 4. The normalized spacial score (nSPS) is 10.8. The summed E-state index contributed by atoms with van der Waals surface area (Å²) in [5.41, 5.74) is 2.45. The maximum Gasteiger partial charge on any atom is 0.0409 e. The number of nitrogens with zero attached hydrogens (tertiary/aromatic N) is 2. The zero-order valence-electron chi connectivity index (χ0n) is 9.81. The molecule has 0 aliphatic rings. The molecule has 2 nitrogen and oxygen atoms in total. The second-order valence-electron chi connectivity index (χ2n) is 4.16. The lowest BCUT2D eigenvalue weighted by Gasteiger charge is -2.16. The summed E-state index contributed by atoms with van der Waals surface area (Å²) >= 11 is 5.96. The molecule has 0 saturated carbocycles. The van der Waals surface area contributed by atoms with Gasteiger partial charge in [0, 0.05) is 30.5 Å². The van der Waals surface area contributed by atoms with Crippen LogP contribution in [0.15, 0.2) is 48.8 Å². The van der Waals surface area contributed by atoms with Crippen molar-refractivity contribution in [3.63, 3.8) is 0 Å². The molecule has 0 aliphatic heterocycles. The van der Waals surface area contributed by atoms with E-state index >= 15 is 0 Å². The van der Waals surface area contributed by atoms with Crippen LogP contribution in [0.3, 0.4) is 0 Å². The summed E-state index contributed by atoms with van der Waals surface area (Å²) < 4.78 is 0. The minimum atomic E-state index is 0.789. The molecule has 2 rings (SSSR count). The van der Waals surface area contributed by atoms with Crippen molar-refractivity contribution >= 4 is 11.6 Å². The smallest absolute Gasteiger partial charge is 0.0409 e. The van der Waals surface area contributed by atoms with Crippen molar-refractivity contribution in [1.29, 1.82) is 0 Å². The van der Waals surface area contributed by atoms with Crippen LogP contribution in [-0.2, 0) is 13.1 Å². The van der Waals surface area contributed by atoms with E-state index in [9.17, 15) is 0 Å². The summed E-state index contributed by atoms with van der Waals surface area (Å²) in [6.45, 7) is 1.77. The molecule has 0 spiro atoms. The van der Waals surface area contributed by atoms with E-state index in [1.54, 1.807) is 6.20 Å². The minimum Gasteiger partial charge on any atom is -0.298 e. The zero-order chi connectivity index (χ0) is 12.1. The Kier molecular flexibility index (Phi) is 4.13. The first-order valence-electron chi connectivity index (χ1n) is 5.56. The van der Waals surface area contributed by atoms with Gasteiger partial charge in [-0.25, -0.2) is 0 Å². The fraction of sp³-hybridized carbons (Fsp3) is 0.214. The zero-order valence-corrected chi connectivity index (χ0v) is 10.6. The third kappa shape index (κ3) is 3.84. The monoisotopic (exact) mass is 246 g/mol. The second kappa shape index (κ2) is 5.80. The first-order valence-corrected chi connectivity index (χ1v) is 5.94. The Bertz CT molecular complexity index is 471. The van der Waals surface area contributed by atoms with Crippen LogP contribution in [0.1, 0.15) is 11.1 Å². The van der Waals surface area contributed by atoms with Crippen LogP contribution in [0.2, 0.25) is 5.02 Å². The molecular formula is C14H15ClN2. The molecule has 0 unspecified atom stereocenters. The predicted molar refractivity (Wildman–Crippen MR) is 70.9 cm³/mol. The van der Waals surface area contributed by atoms with E-state index in [0.717, 1.165) is 18.1 Å². The van der Waals surface area contributed by atoms with Gasteiger partial charge in [-0.2, -0.15) is 0 Å². The molecule has 0 fully saturated rings. The second-order valence-corrected chi connectivity index (χ2v) is 4.60. The van der Waals surface area contributed by atoms with Crippen LogP contribution in [0, 0.1) is 0 Å². The molecule has 0 radical (unpaired) electrons. The highest BCUT2D eigenvalue weighted by atomic mass is 35.5. The van der Waals surface area contributed by atoms with Gasteiger partial charge in [0.2, 0.25) is 0 Å². The van der Waals surface area contributed by atoms with Crippen LogP contribution in [0.4, 0.5) is 0 Å². The number of hydrogen-bond donors (Lipinski definition) is 0. The van der Waals surface area contributed by atoms with Crippen molar-refractivity contribution < 1.29 is 0 Å². The van der Waals surface area contributed by atoms with Gasteiger partial charge in [0.25, 0.3) is 0 Å². The van der Waals surface area contributed by atoms with Gasteiger partial charge >= 0.3 is 0 Å². The van der Waals surface area contributed by atoms with Gasteiger partial charge in [-0.1, -0.05) is 29.8 Å². The quantitative estimate of drug-likeness (QED) is 0.822. The van der Waals surface area contributed by atoms with Crippen molar-refractivity contribution in [3.05, 3.63) is 64.9 Å². The Morgan fingerprint density at radius 2 is 1.88 bits per heavy atom. The van der Waals surface area contributed by atoms with Gasteiger partial charge in [0.15, 0.2) is 0 Å². The SMILES string of the molecule is CN(Cc1cccnc1)Cc1cccc(Cl)c1. The largest absolute Gasteiger partial charge is 0.298 e. The molecule has 0 bridgehead atoms. The maximum absolute atomic E-state index is 5.96. The molecule has 0 atom stereocenters. The average molecular weight is 247 g/mol. The van der Waals surface area contributed by atoms with Crippen LogP contribution in [0.25, 0.3) is 0 Å². The molecule has 0 aliphatic carbocycles. The van der Waals surface area contributed by atoms with E-state index in [0.29, 0.717) is 0 Å². The Labute approximate surface area is 107 Å². The van der Waals surface area contributed by atoms with Crippen LogP contribution < -0.4 is 0 Å². The van der Waals surface area contributed by atoms with Gasteiger partial charge < -0.3 is 0 Å². The van der Waals surface area contributed by atoms with Gasteiger partial charge in [-0.15, -0.1) is 0 Å². The molecule has 2 aromatic rings. The van der Waals surface area contributed by atoms with E-state index in [1.165, 1.54) is 11.1 Å². The fourth-order valence-electron chi connectivity index (χ4n) is 1.81. The highest BCUT2D eigenvalue weighted by Gasteiger charge is 2.02. The molecule has 3 heteroatoms. The molecule has 1 aromatic carbocycles. The van der Waals surface area contributed by atoms with Crippen LogP contribution in [0.5, 0.6) is 0 Å². The van der Waals surface area contributed by atoms with Gasteiger partial charge in [-0.3, -0.25) is 9.88 Å². The lowest BCUT2D eigenvalue weighted by molar-refractivity contribution is 0.318. The van der Waals surface area contributed by atoms with Gasteiger partial charge in [-0.05, 0) is 36.4 Å². The highest BCUT2D eigenvalue weighted by Crippen LogP contribution is 2.13. The van der Waals surface area contributed by atoms with Crippen molar-refractivity contribution in [2.75, 3.05) is 7.05 Å². The standard InChI is InChI=1S/C14H15ClN2/c1-17(11-13-5-3-7-16-9-13)10-12-4-2-6-14(15)8-12/h2-9H,10-11H2,1H3. The minimum absolute atomic E-state index is 0.789. The molecule has 88 valence electrons. The van der Waals surface area contributed by atoms with E-state index in [2.05, 4.69) is 29.1 Å². The van der Waals surface area contributed by atoms with Crippen molar-refractivity contribution in [2.24, 2.45) is 0 Å². The van der Waals surface area contributed by atoms with Gasteiger partial charge in [0.1, 0.15) is 0 Å². The maximum atomic E-state index is 5.96. The molecule has 1 heterocycles. The summed E-state index contributed by atoms with van der Waals surface area (Å²) in [7, 11) is 2.09. The third-order valence-electron chi connectivity index (χ3n) is 2.52. The van der Waals surface area contributed by atoms with Crippen LogP contribution in [-0.4, -0.2) is 16.9 Å². The summed E-state index contributed by atoms with van der Waals surface area (Å²) in [4.78, 5) is 6.35. The molecule has 0 amide bonds. The first kappa shape index (κ1) is 12.1. The van der Waals surface area contributed by atoms with E-state index in [-0.39, 0.29) is 0 Å². The number of pyridine rings is 1. The Balaban J connectivity index is 1.96. The topological polar surface area (TPSA) is 16.1 Å². The summed E-state index contributed by atoms with van der Waals surface area (Å²) in [6, 6.07) is 12.0. The summed E-state index contributed by atoms with van der Waals surface area (Å²) in [5.74, 6) is 0. The Morgan fingerprint density at radius 3 is 2.59 bits per heavy atom. The molecule has 0 saturated heterocycles. The Hall–Kier alpha value is -1.38. The molecule has 17 heavy (non-hydrogen) atoms. The van der Waals surface area contributed by atoms with Crippen molar-refractivity contribution in [2.45, 2.75) is 13.1 Å². The van der Waals surface area contributed by atoms with E-state index in [4.69, 9.17) is 11.6 Å². The predicted octanol–water partition coefficient (Wildman–Crippen LogP) is 3.37. The molecular weight excluding hydrogens is 232 g/mol. The third-order valence-corrected chi connectivity index (χ3v) is 2.75. The fourth-order valence-corrected chi connectivity index (χ4v) is 2.02. The van der Waals surface area contributed by atoms with Crippen molar-refractivity contribution in [3.8, 4) is 0 Å². The Morgan fingerprint density at radius 1 is 1.12 bits per heavy atom. The average Bonchev–Trinajstić information content (AvgIpc) is 2.30. The van der Waals surface area contributed by atoms with E-state index in [1.807, 2.05) is 30.5 Å². The first-order chi connectivity index (χ1) is 8.24. The van der Waals surface area contributed by atoms with Crippen LogP contribution >= 0.6 is 11.6 Å². The lowest BCUT2D eigenvalue weighted by atomic mass is 10.2. The molecule has 1 aromatic heterocycles. The number of aromatic nitrogens is 1.